The number of rotatable bonds is 4. The zero-order valence-electron chi connectivity index (χ0n) is 15.1. The Kier molecular flexibility index (Phi) is 4.32. The third-order valence-corrected chi connectivity index (χ3v) is 5.40. The molecular formula is C21H19F3N2O2. The Balaban J connectivity index is 1.91. The van der Waals surface area contributed by atoms with Crippen LogP contribution in [0.1, 0.15) is 24.0 Å². The molecular weight excluding hydrogens is 369 g/mol. The minimum atomic E-state index is -4.39. The maximum Gasteiger partial charge on any atom is 0.399 e. The molecule has 0 fully saturated rings. The molecule has 1 aliphatic rings. The molecule has 0 saturated carbocycles. The molecule has 146 valence electrons. The maximum absolute atomic E-state index is 13.8. The second kappa shape index (κ2) is 6.46. The highest BCUT2D eigenvalue weighted by Crippen LogP contribution is 2.54. The third kappa shape index (κ3) is 2.73. The van der Waals surface area contributed by atoms with E-state index in [4.69, 9.17) is 0 Å². The summed E-state index contributed by atoms with van der Waals surface area (Å²) in [6.45, 7) is 1.00. The molecule has 0 aliphatic heterocycles. The van der Waals surface area contributed by atoms with Crippen LogP contribution in [0.4, 0.5) is 13.2 Å². The van der Waals surface area contributed by atoms with E-state index in [1.807, 2.05) is 0 Å². The number of aliphatic hydroxyl groups excluding tert-OH is 2. The lowest BCUT2D eigenvalue weighted by atomic mass is 9.93. The zero-order chi connectivity index (χ0) is 20.1. The Labute approximate surface area is 159 Å². The first-order chi connectivity index (χ1) is 13.3. The number of aliphatic hydroxyl groups is 2. The SMILES string of the molecule is CC(CO)(CO)n1cc(-c2cccc3c2-c2ccccc2[C@@H]3C(F)(F)F)cn1. The molecule has 7 heteroatoms. The summed E-state index contributed by atoms with van der Waals surface area (Å²) in [5.74, 6) is -1.66. The van der Waals surface area contributed by atoms with Crippen molar-refractivity contribution in [2.45, 2.75) is 24.6 Å². The van der Waals surface area contributed by atoms with E-state index in [0.717, 1.165) is 0 Å². The van der Waals surface area contributed by atoms with Gasteiger partial charge in [-0.15, -0.1) is 0 Å². The van der Waals surface area contributed by atoms with Gasteiger partial charge < -0.3 is 10.2 Å². The molecule has 0 spiro atoms. The normalized spacial score (nSPS) is 16.1. The van der Waals surface area contributed by atoms with Crippen LogP contribution in [-0.2, 0) is 5.54 Å². The average Bonchev–Trinajstić information content (AvgIpc) is 3.30. The monoisotopic (exact) mass is 388 g/mol. The van der Waals surface area contributed by atoms with E-state index < -0.39 is 17.6 Å². The van der Waals surface area contributed by atoms with Gasteiger partial charge in [0.05, 0.1) is 19.4 Å². The van der Waals surface area contributed by atoms with Gasteiger partial charge in [0.25, 0.3) is 0 Å². The number of hydrogen-bond donors (Lipinski definition) is 2. The number of nitrogens with zero attached hydrogens (tertiary/aromatic N) is 2. The molecule has 0 bridgehead atoms. The predicted octanol–water partition coefficient (Wildman–Crippen LogP) is 3.92. The summed E-state index contributed by atoms with van der Waals surface area (Å²) in [5, 5.41) is 23.4. The Morgan fingerprint density at radius 1 is 0.964 bits per heavy atom. The van der Waals surface area contributed by atoms with E-state index in [0.29, 0.717) is 22.3 Å². The number of alkyl halides is 3. The number of fused-ring (bicyclic) bond motifs is 3. The van der Waals surface area contributed by atoms with E-state index in [1.165, 1.54) is 16.8 Å². The Hall–Kier alpha value is -2.64. The van der Waals surface area contributed by atoms with E-state index in [2.05, 4.69) is 5.10 Å². The summed E-state index contributed by atoms with van der Waals surface area (Å²) in [6.07, 6.45) is -1.20. The zero-order valence-corrected chi connectivity index (χ0v) is 15.1. The van der Waals surface area contributed by atoms with Crippen molar-refractivity contribution in [1.82, 2.24) is 9.78 Å². The lowest BCUT2D eigenvalue weighted by Gasteiger charge is -2.25. The summed E-state index contributed by atoms with van der Waals surface area (Å²) in [6, 6.07) is 11.5. The fraction of sp³-hybridized carbons (Fsp3) is 0.286. The third-order valence-electron chi connectivity index (χ3n) is 5.40. The number of benzene rings is 2. The Morgan fingerprint density at radius 2 is 1.61 bits per heavy atom. The molecule has 0 unspecified atom stereocenters. The van der Waals surface area contributed by atoms with Gasteiger partial charge in [0, 0.05) is 11.8 Å². The van der Waals surface area contributed by atoms with Crippen LogP contribution in [0.2, 0.25) is 0 Å². The van der Waals surface area contributed by atoms with Gasteiger partial charge in [-0.1, -0.05) is 42.5 Å². The summed E-state index contributed by atoms with van der Waals surface area (Å²) in [4.78, 5) is 0. The summed E-state index contributed by atoms with van der Waals surface area (Å²) < 4.78 is 42.9. The lowest BCUT2D eigenvalue weighted by Crippen LogP contribution is -2.38. The van der Waals surface area contributed by atoms with Crippen molar-refractivity contribution in [3.8, 4) is 22.3 Å². The number of halogens is 3. The fourth-order valence-electron chi connectivity index (χ4n) is 3.80. The average molecular weight is 388 g/mol. The highest BCUT2D eigenvalue weighted by atomic mass is 19.4. The van der Waals surface area contributed by atoms with Crippen LogP contribution in [0, 0.1) is 0 Å². The van der Waals surface area contributed by atoms with Crippen molar-refractivity contribution in [2.75, 3.05) is 13.2 Å². The van der Waals surface area contributed by atoms with Gasteiger partial charge in [-0.25, -0.2) is 0 Å². The smallest absolute Gasteiger partial charge is 0.394 e. The molecule has 0 radical (unpaired) electrons. The minimum Gasteiger partial charge on any atom is -0.394 e. The van der Waals surface area contributed by atoms with Crippen molar-refractivity contribution >= 4 is 0 Å². The van der Waals surface area contributed by atoms with Gasteiger partial charge in [-0.3, -0.25) is 4.68 Å². The maximum atomic E-state index is 13.8. The topological polar surface area (TPSA) is 58.3 Å². The van der Waals surface area contributed by atoms with Crippen molar-refractivity contribution < 1.29 is 23.4 Å². The molecule has 1 aliphatic carbocycles. The van der Waals surface area contributed by atoms with Gasteiger partial charge in [0.1, 0.15) is 11.5 Å². The van der Waals surface area contributed by atoms with Crippen molar-refractivity contribution in [3.63, 3.8) is 0 Å². The van der Waals surface area contributed by atoms with Gasteiger partial charge in [-0.2, -0.15) is 18.3 Å². The van der Waals surface area contributed by atoms with Gasteiger partial charge in [-0.05, 0) is 34.7 Å². The summed E-state index contributed by atoms with van der Waals surface area (Å²) in [7, 11) is 0. The molecule has 4 nitrogen and oxygen atoms in total. The minimum absolute atomic E-state index is 0.228. The molecule has 0 saturated heterocycles. The first-order valence-corrected chi connectivity index (χ1v) is 8.86. The summed E-state index contributed by atoms with van der Waals surface area (Å²) in [5.41, 5.74) is 1.86. The van der Waals surface area contributed by atoms with E-state index in [-0.39, 0.29) is 24.3 Å². The van der Waals surface area contributed by atoms with Crippen LogP contribution in [0.15, 0.2) is 54.9 Å². The number of aromatic nitrogens is 2. The summed E-state index contributed by atoms with van der Waals surface area (Å²) >= 11 is 0. The van der Waals surface area contributed by atoms with Gasteiger partial charge >= 0.3 is 6.18 Å². The van der Waals surface area contributed by atoms with E-state index >= 15 is 0 Å². The Morgan fingerprint density at radius 3 is 2.29 bits per heavy atom. The molecule has 1 heterocycles. The molecule has 2 aromatic carbocycles. The highest BCUT2D eigenvalue weighted by molar-refractivity contribution is 5.91. The second-order valence-corrected chi connectivity index (χ2v) is 7.32. The second-order valence-electron chi connectivity index (χ2n) is 7.32. The standard InChI is InChI=1S/C21H19F3N2O2/c1-20(11-27,12-28)26-10-13(9-25-26)14-7-4-8-17-18(14)15-5-2-3-6-16(15)19(17)21(22,23)24/h2-10,19,27-28H,11-12H2,1H3/t19-/m0/s1. The lowest BCUT2D eigenvalue weighted by molar-refractivity contribution is -0.140. The van der Waals surface area contributed by atoms with Crippen LogP contribution in [0.5, 0.6) is 0 Å². The van der Waals surface area contributed by atoms with Crippen LogP contribution in [0.3, 0.4) is 0 Å². The predicted molar refractivity (Wildman–Crippen MR) is 98.8 cm³/mol. The largest absolute Gasteiger partial charge is 0.399 e. The van der Waals surface area contributed by atoms with Crippen molar-refractivity contribution in [3.05, 3.63) is 66.0 Å². The highest BCUT2D eigenvalue weighted by Gasteiger charge is 2.47. The van der Waals surface area contributed by atoms with Crippen LogP contribution >= 0.6 is 0 Å². The van der Waals surface area contributed by atoms with Crippen LogP contribution in [-0.4, -0.2) is 39.4 Å². The van der Waals surface area contributed by atoms with Crippen LogP contribution < -0.4 is 0 Å². The molecule has 3 aromatic rings. The van der Waals surface area contributed by atoms with Gasteiger partial charge in [0.2, 0.25) is 0 Å². The van der Waals surface area contributed by atoms with E-state index in [1.54, 1.807) is 49.6 Å². The van der Waals surface area contributed by atoms with Crippen LogP contribution in [0.25, 0.3) is 22.3 Å². The molecule has 4 rings (SSSR count). The van der Waals surface area contributed by atoms with Crippen molar-refractivity contribution in [2.24, 2.45) is 0 Å². The van der Waals surface area contributed by atoms with E-state index in [9.17, 15) is 23.4 Å². The van der Waals surface area contributed by atoms with Gasteiger partial charge in [0.15, 0.2) is 0 Å². The number of hydrogen-bond acceptors (Lipinski definition) is 3. The molecule has 2 N–H and O–H groups in total. The molecule has 0 amide bonds. The Bertz CT molecular complexity index is 1020. The first kappa shape index (κ1) is 18.7. The fourth-order valence-corrected chi connectivity index (χ4v) is 3.80. The quantitative estimate of drug-likeness (QED) is 0.712. The molecule has 1 atom stereocenters. The molecule has 28 heavy (non-hydrogen) atoms. The first-order valence-electron chi connectivity index (χ1n) is 8.86. The van der Waals surface area contributed by atoms with Crippen molar-refractivity contribution in [1.29, 1.82) is 0 Å². The molecule has 1 aromatic heterocycles.